The minimum absolute atomic E-state index is 0.167. The van der Waals surface area contributed by atoms with Crippen molar-refractivity contribution in [1.29, 1.82) is 0 Å². The van der Waals surface area contributed by atoms with Gasteiger partial charge >= 0.3 is 0 Å². The van der Waals surface area contributed by atoms with Crippen LogP contribution in [0.5, 0.6) is 0 Å². The van der Waals surface area contributed by atoms with E-state index in [1.807, 2.05) is 13.0 Å². The average Bonchev–Trinajstić information content (AvgIpc) is 3.41. The van der Waals surface area contributed by atoms with Crippen molar-refractivity contribution in [2.24, 2.45) is 4.99 Å². The van der Waals surface area contributed by atoms with Crippen molar-refractivity contribution in [2.75, 3.05) is 23.3 Å². The first-order valence-electron chi connectivity index (χ1n) is 14.3. The number of halogens is 2. The zero-order valence-corrected chi connectivity index (χ0v) is 22.7. The van der Waals surface area contributed by atoms with Gasteiger partial charge in [-0.1, -0.05) is 12.8 Å². The number of aromatic nitrogens is 1. The number of anilines is 2. The van der Waals surface area contributed by atoms with Gasteiger partial charge in [-0.3, -0.25) is 0 Å². The van der Waals surface area contributed by atoms with Crippen molar-refractivity contribution in [3.63, 3.8) is 0 Å². The van der Waals surface area contributed by atoms with E-state index >= 15 is 0 Å². The van der Waals surface area contributed by atoms with Crippen LogP contribution in [0.2, 0.25) is 0 Å². The fraction of sp³-hybridized carbons (Fsp3) is 0.419. The summed E-state index contributed by atoms with van der Waals surface area (Å²) in [6.45, 7) is 3.91. The lowest BCUT2D eigenvalue weighted by atomic mass is 9.89. The van der Waals surface area contributed by atoms with Crippen LogP contribution in [0.1, 0.15) is 51.0 Å². The smallest absolute Gasteiger partial charge is 0.174 e. The fourth-order valence-electron chi connectivity index (χ4n) is 6.08. The summed E-state index contributed by atoms with van der Waals surface area (Å²) in [5, 5.41) is 7.60. The van der Waals surface area contributed by atoms with Crippen molar-refractivity contribution in [3.05, 3.63) is 78.0 Å². The zero-order chi connectivity index (χ0) is 27.5. The number of hydrogen-bond acceptors (Lipinski definition) is 7. The molecule has 6 rings (SSSR count). The van der Waals surface area contributed by atoms with Crippen molar-refractivity contribution in [1.82, 2.24) is 15.8 Å². The molecular weight excluding hydrogens is 510 g/mol. The Balaban J connectivity index is 1.10. The number of aliphatic imine (C=N–C) groups is 1. The molecule has 9 heteroatoms. The molecule has 1 aromatic heterocycles. The van der Waals surface area contributed by atoms with Gasteiger partial charge in [-0.2, -0.15) is 0 Å². The minimum atomic E-state index is -0.579. The Labute approximate surface area is 234 Å². The highest BCUT2D eigenvalue weighted by Gasteiger charge is 2.29. The molecule has 3 aromatic rings. The molecule has 1 saturated carbocycles. The number of pyridine rings is 1. The molecule has 0 spiro atoms. The standard InChI is InChI=1S/C31H36F2N6O/c1-20-35-31(38-40-20)21-8-11-25(12-9-21)39-16-4-5-24(19-39)36-28-6-2-3-7-29(28)37-30-17-22(14-15-34-30)26-13-10-23(32)18-27(26)33/h8-15,17-18,20,24,28-29,36H,2-7,16,19H2,1H3,(H,34,37)(H,35,38)/t20?,24?,28-,29?/m1/s1. The summed E-state index contributed by atoms with van der Waals surface area (Å²) in [4.78, 5) is 16.8. The lowest BCUT2D eigenvalue weighted by molar-refractivity contribution is 0.0504. The molecule has 40 heavy (non-hydrogen) atoms. The Bertz CT molecular complexity index is 1350. The van der Waals surface area contributed by atoms with E-state index in [4.69, 9.17) is 4.84 Å². The fourth-order valence-corrected chi connectivity index (χ4v) is 6.08. The highest BCUT2D eigenvalue weighted by Crippen LogP contribution is 2.28. The quantitative estimate of drug-likeness (QED) is 0.357. The summed E-state index contributed by atoms with van der Waals surface area (Å²) in [6, 6.07) is 16.8. The molecule has 0 amide bonds. The van der Waals surface area contributed by atoms with Crippen LogP contribution in [0, 0.1) is 11.6 Å². The van der Waals surface area contributed by atoms with Crippen LogP contribution >= 0.6 is 0 Å². The third kappa shape index (κ3) is 6.10. The average molecular weight is 547 g/mol. The number of amidine groups is 1. The number of hydrogen-bond donors (Lipinski definition) is 3. The van der Waals surface area contributed by atoms with Crippen LogP contribution in [0.15, 0.2) is 65.8 Å². The van der Waals surface area contributed by atoms with Crippen LogP contribution < -0.4 is 21.0 Å². The molecule has 2 aliphatic heterocycles. The minimum Gasteiger partial charge on any atom is -0.370 e. The Morgan fingerprint density at radius 3 is 2.52 bits per heavy atom. The molecule has 1 aliphatic carbocycles. The van der Waals surface area contributed by atoms with E-state index in [1.165, 1.54) is 24.2 Å². The van der Waals surface area contributed by atoms with Crippen LogP contribution in [0.3, 0.4) is 0 Å². The molecule has 4 atom stereocenters. The van der Waals surface area contributed by atoms with Gasteiger partial charge in [0, 0.05) is 60.3 Å². The van der Waals surface area contributed by atoms with Crippen molar-refractivity contribution in [2.45, 2.75) is 69.8 Å². The first-order chi connectivity index (χ1) is 19.5. The highest BCUT2D eigenvalue weighted by atomic mass is 19.1. The van der Waals surface area contributed by atoms with E-state index in [0.717, 1.165) is 62.7 Å². The van der Waals surface area contributed by atoms with Crippen LogP contribution in [-0.4, -0.2) is 48.3 Å². The van der Waals surface area contributed by atoms with Crippen molar-refractivity contribution in [3.8, 4) is 11.1 Å². The van der Waals surface area contributed by atoms with E-state index in [0.29, 0.717) is 29.0 Å². The number of benzene rings is 2. The second kappa shape index (κ2) is 11.9. The summed E-state index contributed by atoms with van der Waals surface area (Å²) in [5.74, 6) is 0.338. The maximum absolute atomic E-state index is 14.4. The molecule has 2 fully saturated rings. The summed E-state index contributed by atoms with van der Waals surface area (Å²) in [6.07, 6.45) is 8.30. The van der Waals surface area contributed by atoms with Crippen LogP contribution in [0.25, 0.3) is 11.1 Å². The van der Waals surface area contributed by atoms with Crippen LogP contribution in [-0.2, 0) is 4.84 Å². The van der Waals surface area contributed by atoms with Crippen LogP contribution in [0.4, 0.5) is 20.3 Å². The van der Waals surface area contributed by atoms with Gasteiger partial charge in [0.15, 0.2) is 12.1 Å². The Hall–Kier alpha value is -3.56. The van der Waals surface area contributed by atoms with Crippen molar-refractivity contribution < 1.29 is 13.6 Å². The Kier molecular flexibility index (Phi) is 7.93. The summed E-state index contributed by atoms with van der Waals surface area (Å²) in [5.41, 5.74) is 6.19. The molecule has 0 bridgehead atoms. The lowest BCUT2D eigenvalue weighted by Gasteiger charge is -2.40. The molecule has 210 valence electrons. The molecule has 3 aliphatic rings. The van der Waals surface area contributed by atoms with Gasteiger partial charge in [0.2, 0.25) is 0 Å². The maximum atomic E-state index is 14.4. The van der Waals surface area contributed by atoms with Gasteiger partial charge in [0.25, 0.3) is 0 Å². The molecule has 0 radical (unpaired) electrons. The number of nitrogens with one attached hydrogen (secondary N) is 3. The number of nitrogens with zero attached hydrogens (tertiary/aromatic N) is 3. The summed E-state index contributed by atoms with van der Waals surface area (Å²) < 4.78 is 27.8. The van der Waals surface area contributed by atoms with Gasteiger partial charge in [-0.05, 0) is 86.7 Å². The van der Waals surface area contributed by atoms with E-state index in [9.17, 15) is 8.78 Å². The first-order valence-corrected chi connectivity index (χ1v) is 14.3. The topological polar surface area (TPSA) is 73.8 Å². The predicted molar refractivity (Wildman–Crippen MR) is 154 cm³/mol. The molecule has 7 nitrogen and oxygen atoms in total. The molecule has 2 aromatic carbocycles. The number of piperidine rings is 1. The molecule has 3 heterocycles. The van der Waals surface area contributed by atoms with Gasteiger partial charge < -0.3 is 15.5 Å². The largest absolute Gasteiger partial charge is 0.370 e. The third-order valence-electron chi connectivity index (χ3n) is 8.12. The van der Waals surface area contributed by atoms with E-state index in [2.05, 4.69) is 55.3 Å². The molecule has 3 unspecified atom stereocenters. The molecule has 3 N–H and O–H groups in total. The number of rotatable bonds is 7. The van der Waals surface area contributed by atoms with E-state index in [-0.39, 0.29) is 12.3 Å². The Morgan fingerprint density at radius 2 is 1.75 bits per heavy atom. The SMILES string of the molecule is CC1N=C(c2ccc(N3CCCC(N[C@@H]4CCCCC4Nc4cc(-c5ccc(F)cc5F)ccn4)C3)cc2)NO1. The van der Waals surface area contributed by atoms with Gasteiger partial charge in [0.1, 0.15) is 17.5 Å². The third-order valence-corrected chi connectivity index (χ3v) is 8.12. The highest BCUT2D eigenvalue weighted by molar-refractivity contribution is 5.99. The first kappa shape index (κ1) is 26.7. The lowest BCUT2D eigenvalue weighted by Crippen LogP contribution is -2.55. The second-order valence-corrected chi connectivity index (χ2v) is 11.0. The second-order valence-electron chi connectivity index (χ2n) is 11.0. The molecule has 1 saturated heterocycles. The van der Waals surface area contributed by atoms with E-state index in [1.54, 1.807) is 12.3 Å². The van der Waals surface area contributed by atoms with E-state index < -0.39 is 11.6 Å². The van der Waals surface area contributed by atoms with Gasteiger partial charge in [0.05, 0.1) is 0 Å². The molecular formula is C31H36F2N6O. The van der Waals surface area contributed by atoms with Gasteiger partial charge in [-0.15, -0.1) is 0 Å². The Morgan fingerprint density at radius 1 is 0.925 bits per heavy atom. The summed E-state index contributed by atoms with van der Waals surface area (Å²) in [7, 11) is 0. The number of hydroxylamine groups is 1. The predicted octanol–water partition coefficient (Wildman–Crippen LogP) is 5.64. The van der Waals surface area contributed by atoms with Crippen molar-refractivity contribution >= 4 is 17.3 Å². The van der Waals surface area contributed by atoms with Gasteiger partial charge in [-0.25, -0.2) is 29.1 Å². The summed E-state index contributed by atoms with van der Waals surface area (Å²) >= 11 is 0. The monoisotopic (exact) mass is 546 g/mol. The normalized spacial score (nSPS) is 24.9. The maximum Gasteiger partial charge on any atom is 0.174 e. The zero-order valence-electron chi connectivity index (χ0n) is 22.7.